The second-order valence-electron chi connectivity index (χ2n) is 13.1. The van der Waals surface area contributed by atoms with Crippen LogP contribution in [0.3, 0.4) is 0 Å². The van der Waals surface area contributed by atoms with Crippen LogP contribution in [-0.2, 0) is 0 Å². The third kappa shape index (κ3) is 4.57. The van der Waals surface area contributed by atoms with Gasteiger partial charge in [0.2, 0.25) is 5.89 Å². The van der Waals surface area contributed by atoms with Crippen molar-refractivity contribution in [3.05, 3.63) is 170 Å². The summed E-state index contributed by atoms with van der Waals surface area (Å²) in [6.07, 6.45) is 0. The summed E-state index contributed by atoms with van der Waals surface area (Å²) in [5.41, 5.74) is 9.64. The zero-order valence-corrected chi connectivity index (χ0v) is 28.6. The van der Waals surface area contributed by atoms with Gasteiger partial charge in [0.15, 0.2) is 5.58 Å². The van der Waals surface area contributed by atoms with Gasteiger partial charge in [0.1, 0.15) is 16.7 Å². The van der Waals surface area contributed by atoms with Gasteiger partial charge in [0, 0.05) is 53.6 Å². The molecule has 0 aliphatic carbocycles. The topological polar surface area (TPSA) is 42.4 Å². The molecule has 0 spiro atoms. The first-order chi connectivity index (χ1) is 25.7. The van der Waals surface area contributed by atoms with E-state index in [1.165, 1.54) is 36.5 Å². The highest BCUT2D eigenvalue weighted by Crippen LogP contribution is 2.44. The van der Waals surface area contributed by atoms with Crippen LogP contribution in [0.5, 0.6) is 0 Å². The number of nitrogens with zero attached hydrogens (tertiary/aromatic N) is 2. The first kappa shape index (κ1) is 29.1. The maximum absolute atomic E-state index is 6.46. The molecule has 11 rings (SSSR count). The number of hydrogen-bond acceptors (Lipinski definition) is 5. The average Bonchev–Trinajstić information content (AvgIpc) is 3.91. The molecule has 8 aromatic carbocycles. The SMILES string of the molecule is c1cc(-c2cccc3ccccc23)cc(N(c2ccc3sc4ccccc4c3c2)c2ccc3oc4cccc(-c5nc6ccccc6o5)c4c3c2)c1. The molecule has 0 N–H and O–H groups in total. The van der Waals surface area contributed by atoms with Gasteiger partial charge in [-0.2, -0.15) is 0 Å². The fourth-order valence-corrected chi connectivity index (χ4v) is 8.80. The molecule has 11 aromatic rings. The van der Waals surface area contributed by atoms with E-state index in [2.05, 4.69) is 138 Å². The molecule has 0 amide bonds. The normalized spacial score (nSPS) is 11.8. The lowest BCUT2D eigenvalue weighted by Gasteiger charge is -2.26. The fourth-order valence-electron chi connectivity index (χ4n) is 7.71. The number of oxazole rings is 1. The van der Waals surface area contributed by atoms with Crippen LogP contribution in [0.4, 0.5) is 17.1 Å². The Morgan fingerprint density at radius 1 is 0.442 bits per heavy atom. The minimum atomic E-state index is 0.578. The summed E-state index contributed by atoms with van der Waals surface area (Å²) in [4.78, 5) is 7.23. The van der Waals surface area contributed by atoms with E-state index < -0.39 is 0 Å². The molecular formula is C47H28N2O2S. The van der Waals surface area contributed by atoms with Gasteiger partial charge in [0.25, 0.3) is 0 Å². The van der Waals surface area contributed by atoms with Gasteiger partial charge in [-0.3, -0.25) is 0 Å². The van der Waals surface area contributed by atoms with Gasteiger partial charge >= 0.3 is 0 Å². The Morgan fingerprint density at radius 3 is 2.08 bits per heavy atom. The summed E-state index contributed by atoms with van der Waals surface area (Å²) in [7, 11) is 0. The summed E-state index contributed by atoms with van der Waals surface area (Å²) in [5, 5.41) is 6.97. The highest BCUT2D eigenvalue weighted by atomic mass is 32.1. The summed E-state index contributed by atoms with van der Waals surface area (Å²) in [6, 6.07) is 59.9. The number of thiophene rings is 1. The van der Waals surface area contributed by atoms with Crippen molar-refractivity contribution < 1.29 is 8.83 Å². The lowest BCUT2D eigenvalue weighted by Crippen LogP contribution is -2.10. The molecule has 0 fully saturated rings. The number of hydrogen-bond donors (Lipinski definition) is 0. The fraction of sp³-hybridized carbons (Fsp3) is 0. The Labute approximate surface area is 302 Å². The lowest BCUT2D eigenvalue weighted by molar-refractivity contribution is 0.620. The van der Waals surface area contributed by atoms with Crippen molar-refractivity contribution in [2.75, 3.05) is 4.90 Å². The van der Waals surface area contributed by atoms with Crippen LogP contribution in [0.2, 0.25) is 0 Å². The Balaban J connectivity index is 1.14. The number of benzene rings is 8. The molecule has 0 radical (unpaired) electrons. The molecule has 52 heavy (non-hydrogen) atoms. The molecule has 0 saturated heterocycles. The Morgan fingerprint density at radius 2 is 1.13 bits per heavy atom. The van der Waals surface area contributed by atoms with Crippen LogP contribution in [0.25, 0.3) is 86.6 Å². The Kier molecular flexibility index (Phi) is 6.39. The first-order valence-corrected chi connectivity index (χ1v) is 18.2. The van der Waals surface area contributed by atoms with Gasteiger partial charge in [-0.05, 0) is 101 Å². The van der Waals surface area contributed by atoms with Gasteiger partial charge in [-0.1, -0.05) is 91.0 Å². The quantitative estimate of drug-likeness (QED) is 0.181. The van der Waals surface area contributed by atoms with Crippen LogP contribution in [-0.4, -0.2) is 4.98 Å². The Hall–Kier alpha value is -6.69. The van der Waals surface area contributed by atoms with Gasteiger partial charge in [0.05, 0.1) is 0 Å². The van der Waals surface area contributed by atoms with Crippen molar-refractivity contribution in [1.82, 2.24) is 4.98 Å². The number of rotatable bonds is 5. The smallest absolute Gasteiger partial charge is 0.228 e. The van der Waals surface area contributed by atoms with E-state index >= 15 is 0 Å². The summed E-state index contributed by atoms with van der Waals surface area (Å²) in [5.74, 6) is 0.578. The standard InChI is InChI=1S/C47H28N2O2S/c1-2-14-34-29(10-1)11-8-16-35(34)30-12-7-13-31(26-30)49(33-23-25-45-38(27-33)36-15-3-6-21-44(36)52-45)32-22-24-41-39(28-32)46-37(17-9-20-43(46)50-41)47-48-40-18-4-5-19-42(40)51-47/h1-28H. The van der Waals surface area contributed by atoms with Crippen molar-refractivity contribution in [2.24, 2.45) is 0 Å². The number of aromatic nitrogens is 1. The van der Waals surface area contributed by atoms with Crippen molar-refractivity contribution in [2.45, 2.75) is 0 Å². The third-order valence-electron chi connectivity index (χ3n) is 10.1. The molecule has 5 heteroatoms. The maximum atomic E-state index is 6.46. The molecule has 0 bridgehead atoms. The number of para-hydroxylation sites is 2. The van der Waals surface area contributed by atoms with Crippen LogP contribution in [0.15, 0.2) is 179 Å². The average molecular weight is 685 g/mol. The highest BCUT2D eigenvalue weighted by molar-refractivity contribution is 7.25. The van der Waals surface area contributed by atoms with E-state index in [0.717, 1.165) is 61.2 Å². The zero-order valence-electron chi connectivity index (χ0n) is 27.8. The van der Waals surface area contributed by atoms with Crippen LogP contribution >= 0.6 is 11.3 Å². The number of furan rings is 1. The molecule has 0 aliphatic rings. The van der Waals surface area contributed by atoms with E-state index in [4.69, 9.17) is 13.8 Å². The van der Waals surface area contributed by atoms with Crippen LogP contribution < -0.4 is 4.90 Å². The Bertz CT molecular complexity index is 3130. The highest BCUT2D eigenvalue weighted by Gasteiger charge is 2.21. The maximum Gasteiger partial charge on any atom is 0.228 e. The van der Waals surface area contributed by atoms with E-state index in [9.17, 15) is 0 Å². The molecule has 3 heterocycles. The first-order valence-electron chi connectivity index (χ1n) is 17.4. The predicted octanol–water partition coefficient (Wildman–Crippen LogP) is 14.1. The second kappa shape index (κ2) is 11.4. The summed E-state index contributed by atoms with van der Waals surface area (Å²) < 4.78 is 15.3. The predicted molar refractivity (Wildman–Crippen MR) is 217 cm³/mol. The van der Waals surface area contributed by atoms with E-state index in [1.54, 1.807) is 0 Å². The van der Waals surface area contributed by atoms with Crippen LogP contribution in [0, 0.1) is 0 Å². The molecule has 0 atom stereocenters. The van der Waals surface area contributed by atoms with Crippen molar-refractivity contribution in [3.63, 3.8) is 0 Å². The summed E-state index contributed by atoms with van der Waals surface area (Å²) >= 11 is 1.83. The largest absolute Gasteiger partial charge is 0.456 e. The van der Waals surface area contributed by atoms with E-state index in [0.29, 0.717) is 5.89 Å². The minimum absolute atomic E-state index is 0.578. The van der Waals surface area contributed by atoms with Crippen molar-refractivity contribution >= 4 is 92.4 Å². The monoisotopic (exact) mass is 684 g/mol. The minimum Gasteiger partial charge on any atom is -0.456 e. The van der Waals surface area contributed by atoms with Crippen molar-refractivity contribution in [3.8, 4) is 22.6 Å². The number of anilines is 3. The second-order valence-corrected chi connectivity index (χ2v) is 14.2. The van der Waals surface area contributed by atoms with Crippen molar-refractivity contribution in [1.29, 1.82) is 0 Å². The molecule has 3 aromatic heterocycles. The third-order valence-corrected chi connectivity index (χ3v) is 11.2. The molecule has 0 saturated carbocycles. The molecular weight excluding hydrogens is 657 g/mol. The lowest BCUT2D eigenvalue weighted by atomic mass is 9.97. The molecule has 0 aliphatic heterocycles. The molecule has 0 unspecified atom stereocenters. The number of fused-ring (bicyclic) bond motifs is 8. The van der Waals surface area contributed by atoms with E-state index in [-0.39, 0.29) is 0 Å². The van der Waals surface area contributed by atoms with Gasteiger partial charge in [-0.15, -0.1) is 11.3 Å². The molecule has 244 valence electrons. The van der Waals surface area contributed by atoms with Crippen LogP contribution in [0.1, 0.15) is 0 Å². The van der Waals surface area contributed by atoms with Gasteiger partial charge in [-0.25, -0.2) is 4.98 Å². The zero-order chi connectivity index (χ0) is 34.2. The molecule has 4 nitrogen and oxygen atoms in total. The summed E-state index contributed by atoms with van der Waals surface area (Å²) in [6.45, 7) is 0. The van der Waals surface area contributed by atoms with Gasteiger partial charge < -0.3 is 13.7 Å². The van der Waals surface area contributed by atoms with E-state index in [1.807, 2.05) is 47.7 Å².